The lowest BCUT2D eigenvalue weighted by atomic mass is 10.3. The van der Waals surface area contributed by atoms with Crippen molar-refractivity contribution in [1.29, 1.82) is 0 Å². The number of carboxylic acid groups (broad SMARTS) is 1. The third-order valence-corrected chi connectivity index (χ3v) is 2.55. The second-order valence-corrected chi connectivity index (χ2v) is 3.74. The first kappa shape index (κ1) is 13.0. The van der Waals surface area contributed by atoms with E-state index in [2.05, 4.69) is 5.32 Å². The lowest BCUT2D eigenvalue weighted by molar-refractivity contribution is -0.147. The smallest absolute Gasteiger partial charge is 0.326 e. The number of carboxylic acids is 1. The molecule has 1 unspecified atom stereocenters. The minimum Gasteiger partial charge on any atom is -0.480 e. The Labute approximate surface area is 100 Å². The van der Waals surface area contributed by atoms with E-state index < -0.39 is 12.0 Å². The molecule has 0 radical (unpaired) electrons. The summed E-state index contributed by atoms with van der Waals surface area (Å²) in [6, 6.07) is 8.46. The van der Waals surface area contributed by atoms with E-state index in [1.165, 1.54) is 18.9 Å². The van der Waals surface area contributed by atoms with Crippen molar-refractivity contribution in [1.82, 2.24) is 4.90 Å². The highest BCUT2D eigenvalue weighted by molar-refractivity contribution is 5.85. The van der Waals surface area contributed by atoms with E-state index in [-0.39, 0.29) is 12.5 Å². The van der Waals surface area contributed by atoms with E-state index in [4.69, 9.17) is 5.11 Å². The van der Waals surface area contributed by atoms with Crippen molar-refractivity contribution in [3.8, 4) is 0 Å². The molecular weight excluding hydrogens is 220 g/mol. The van der Waals surface area contributed by atoms with Crippen LogP contribution in [0.3, 0.4) is 0 Å². The number of hydrogen-bond acceptors (Lipinski definition) is 3. The molecule has 2 N–H and O–H groups in total. The van der Waals surface area contributed by atoms with E-state index in [0.29, 0.717) is 0 Å². The normalized spacial score (nSPS) is 11.6. The summed E-state index contributed by atoms with van der Waals surface area (Å²) in [6.07, 6.45) is 0. The van der Waals surface area contributed by atoms with Crippen LogP contribution in [0.25, 0.3) is 0 Å². The Morgan fingerprint density at radius 3 is 2.47 bits per heavy atom. The molecule has 0 saturated carbocycles. The van der Waals surface area contributed by atoms with Crippen molar-refractivity contribution in [2.24, 2.45) is 0 Å². The number of benzene rings is 1. The Hall–Kier alpha value is -2.04. The van der Waals surface area contributed by atoms with Crippen molar-refractivity contribution in [3.63, 3.8) is 0 Å². The monoisotopic (exact) mass is 236 g/mol. The van der Waals surface area contributed by atoms with Crippen LogP contribution in [0.15, 0.2) is 30.3 Å². The summed E-state index contributed by atoms with van der Waals surface area (Å²) in [5.74, 6) is -1.27. The molecule has 92 valence electrons. The summed E-state index contributed by atoms with van der Waals surface area (Å²) in [6.45, 7) is 1.56. The number of nitrogens with one attached hydrogen (secondary N) is 1. The number of hydrogen-bond donors (Lipinski definition) is 2. The number of aliphatic carboxylic acids is 1. The molecule has 1 aromatic carbocycles. The predicted molar refractivity (Wildman–Crippen MR) is 64.8 cm³/mol. The fourth-order valence-corrected chi connectivity index (χ4v) is 1.24. The van der Waals surface area contributed by atoms with Crippen LogP contribution in [-0.2, 0) is 9.59 Å². The zero-order valence-corrected chi connectivity index (χ0v) is 9.88. The highest BCUT2D eigenvalue weighted by atomic mass is 16.4. The van der Waals surface area contributed by atoms with Crippen molar-refractivity contribution in [3.05, 3.63) is 30.3 Å². The molecule has 1 amide bonds. The molecular formula is C12H16N2O3. The van der Waals surface area contributed by atoms with Crippen LogP contribution in [-0.4, -0.2) is 41.5 Å². The number of para-hydroxylation sites is 1. The van der Waals surface area contributed by atoms with Crippen LogP contribution in [0.5, 0.6) is 0 Å². The third kappa shape index (κ3) is 3.79. The van der Waals surface area contributed by atoms with Crippen LogP contribution in [0, 0.1) is 0 Å². The number of likely N-dealkylation sites (N-methyl/N-ethyl adjacent to an activating group) is 1. The van der Waals surface area contributed by atoms with Gasteiger partial charge in [0, 0.05) is 12.7 Å². The van der Waals surface area contributed by atoms with Crippen molar-refractivity contribution < 1.29 is 14.7 Å². The molecule has 0 fully saturated rings. The maximum absolute atomic E-state index is 11.7. The average Bonchev–Trinajstić information content (AvgIpc) is 2.35. The van der Waals surface area contributed by atoms with Gasteiger partial charge in [-0.25, -0.2) is 4.79 Å². The van der Waals surface area contributed by atoms with Crippen LogP contribution < -0.4 is 5.32 Å². The predicted octanol–water partition coefficient (Wildman–Crippen LogP) is 1.03. The number of nitrogens with zero attached hydrogens (tertiary/aromatic N) is 1. The Morgan fingerprint density at radius 2 is 1.94 bits per heavy atom. The zero-order valence-electron chi connectivity index (χ0n) is 9.88. The minimum absolute atomic E-state index is 0.0815. The van der Waals surface area contributed by atoms with Gasteiger partial charge in [0.15, 0.2) is 0 Å². The quantitative estimate of drug-likeness (QED) is 0.801. The van der Waals surface area contributed by atoms with E-state index in [0.717, 1.165) is 5.69 Å². The van der Waals surface area contributed by atoms with E-state index in [9.17, 15) is 9.59 Å². The molecule has 0 spiro atoms. The minimum atomic E-state index is -1.01. The number of carbonyl (C=O) groups excluding carboxylic acids is 1. The molecule has 0 saturated heterocycles. The lowest BCUT2D eigenvalue weighted by Crippen LogP contribution is -2.42. The van der Waals surface area contributed by atoms with Gasteiger partial charge < -0.3 is 15.3 Å². The molecule has 0 heterocycles. The van der Waals surface area contributed by atoms with Crippen molar-refractivity contribution in [2.75, 3.05) is 18.9 Å². The summed E-state index contributed by atoms with van der Waals surface area (Å²) < 4.78 is 0. The van der Waals surface area contributed by atoms with Gasteiger partial charge in [-0.15, -0.1) is 0 Å². The fourth-order valence-electron chi connectivity index (χ4n) is 1.24. The van der Waals surface area contributed by atoms with Crippen LogP contribution in [0.4, 0.5) is 5.69 Å². The van der Waals surface area contributed by atoms with E-state index in [1.54, 1.807) is 0 Å². The molecule has 1 atom stereocenters. The summed E-state index contributed by atoms with van der Waals surface area (Å²) in [5, 5.41) is 11.7. The van der Waals surface area contributed by atoms with Gasteiger partial charge in [-0.1, -0.05) is 18.2 Å². The summed E-state index contributed by atoms with van der Waals surface area (Å²) in [7, 11) is 1.48. The lowest BCUT2D eigenvalue weighted by Gasteiger charge is -2.21. The van der Waals surface area contributed by atoms with Gasteiger partial charge in [0.25, 0.3) is 0 Å². The second kappa shape index (κ2) is 5.89. The summed E-state index contributed by atoms with van der Waals surface area (Å²) in [4.78, 5) is 23.6. The first-order chi connectivity index (χ1) is 8.02. The van der Waals surface area contributed by atoms with E-state index >= 15 is 0 Å². The Morgan fingerprint density at radius 1 is 1.35 bits per heavy atom. The SMILES string of the molecule is CC(C(=O)O)N(C)C(=O)CNc1ccccc1. The van der Waals surface area contributed by atoms with Gasteiger partial charge >= 0.3 is 5.97 Å². The van der Waals surface area contributed by atoms with Gasteiger partial charge in [0.05, 0.1) is 6.54 Å². The molecule has 1 aromatic rings. The zero-order chi connectivity index (χ0) is 12.8. The van der Waals surface area contributed by atoms with Crippen LogP contribution >= 0.6 is 0 Å². The first-order valence-electron chi connectivity index (χ1n) is 5.29. The molecule has 0 aliphatic rings. The number of carbonyl (C=O) groups is 2. The summed E-state index contributed by atoms with van der Waals surface area (Å²) >= 11 is 0. The highest BCUT2D eigenvalue weighted by Gasteiger charge is 2.20. The fraction of sp³-hybridized carbons (Fsp3) is 0.333. The van der Waals surface area contributed by atoms with Crippen LogP contribution in [0.2, 0.25) is 0 Å². The first-order valence-corrected chi connectivity index (χ1v) is 5.29. The van der Waals surface area contributed by atoms with Crippen molar-refractivity contribution >= 4 is 17.6 Å². The maximum atomic E-state index is 11.7. The molecule has 0 bridgehead atoms. The van der Waals surface area contributed by atoms with E-state index in [1.807, 2.05) is 30.3 Å². The Kier molecular flexibility index (Phi) is 4.51. The number of amides is 1. The molecule has 0 aliphatic carbocycles. The molecule has 1 rings (SSSR count). The molecule has 0 aliphatic heterocycles. The summed E-state index contributed by atoms with van der Waals surface area (Å²) in [5.41, 5.74) is 0.831. The highest BCUT2D eigenvalue weighted by Crippen LogP contribution is 2.05. The second-order valence-electron chi connectivity index (χ2n) is 3.74. The standard InChI is InChI=1S/C12H16N2O3/c1-9(12(16)17)14(2)11(15)8-13-10-6-4-3-5-7-10/h3-7,9,13H,8H2,1-2H3,(H,16,17). The average molecular weight is 236 g/mol. The van der Waals surface area contributed by atoms with Gasteiger partial charge in [-0.3, -0.25) is 4.79 Å². The number of anilines is 1. The Balaban J connectivity index is 2.47. The molecule has 5 nitrogen and oxygen atoms in total. The van der Waals surface area contributed by atoms with Gasteiger partial charge in [0.1, 0.15) is 6.04 Å². The van der Waals surface area contributed by atoms with Crippen molar-refractivity contribution in [2.45, 2.75) is 13.0 Å². The molecule has 17 heavy (non-hydrogen) atoms. The van der Waals surface area contributed by atoms with Gasteiger partial charge in [-0.2, -0.15) is 0 Å². The number of rotatable bonds is 5. The largest absolute Gasteiger partial charge is 0.480 e. The van der Waals surface area contributed by atoms with Gasteiger partial charge in [0.2, 0.25) is 5.91 Å². The Bertz CT molecular complexity index is 392. The topological polar surface area (TPSA) is 69.6 Å². The molecule has 5 heteroatoms. The van der Waals surface area contributed by atoms with Gasteiger partial charge in [-0.05, 0) is 19.1 Å². The maximum Gasteiger partial charge on any atom is 0.326 e. The molecule has 0 aromatic heterocycles. The third-order valence-electron chi connectivity index (χ3n) is 2.55. The van der Waals surface area contributed by atoms with Crippen LogP contribution in [0.1, 0.15) is 6.92 Å².